The van der Waals surface area contributed by atoms with E-state index in [1.807, 2.05) is 11.7 Å². The van der Waals surface area contributed by atoms with Gasteiger partial charge in [0.25, 0.3) is 0 Å². The van der Waals surface area contributed by atoms with Gasteiger partial charge in [-0.15, -0.1) is 10.2 Å². The van der Waals surface area contributed by atoms with Crippen molar-refractivity contribution in [1.82, 2.24) is 20.2 Å². The predicted molar refractivity (Wildman–Crippen MR) is 131 cm³/mol. The number of hydrogen-bond acceptors (Lipinski definition) is 4. The molecule has 1 N–H and O–H groups in total. The number of aromatic nitrogens is 4. The minimum absolute atomic E-state index is 0.381. The van der Waals surface area contributed by atoms with Gasteiger partial charge < -0.3 is 5.11 Å². The van der Waals surface area contributed by atoms with E-state index in [1.165, 1.54) is 51.4 Å². The number of nitrogens with zero attached hydrogens (tertiary/aromatic N) is 4. The van der Waals surface area contributed by atoms with Gasteiger partial charge in [-0.25, -0.2) is 0 Å². The fourth-order valence-electron chi connectivity index (χ4n) is 9.97. The topological polar surface area (TPSA) is 63.8 Å². The van der Waals surface area contributed by atoms with E-state index < -0.39 is 0 Å². The van der Waals surface area contributed by atoms with Gasteiger partial charge in [0.05, 0.1) is 12.1 Å². The molecule has 186 valence electrons. The van der Waals surface area contributed by atoms with Gasteiger partial charge in [0, 0.05) is 0 Å². The van der Waals surface area contributed by atoms with Gasteiger partial charge >= 0.3 is 0 Å². The maximum Gasteiger partial charge on any atom is 0.171 e. The summed E-state index contributed by atoms with van der Waals surface area (Å²) in [5.41, 5.74) is 0.522. The van der Waals surface area contributed by atoms with Crippen LogP contribution in [0.1, 0.15) is 111 Å². The summed E-state index contributed by atoms with van der Waals surface area (Å²) in [5.74, 6) is 5.49. The molecule has 0 aromatic carbocycles. The molecule has 0 spiro atoms. The minimum atomic E-state index is -0.381. The van der Waals surface area contributed by atoms with Crippen molar-refractivity contribution in [3.63, 3.8) is 0 Å². The Morgan fingerprint density at radius 3 is 2.55 bits per heavy atom. The van der Waals surface area contributed by atoms with E-state index in [0.29, 0.717) is 16.7 Å². The number of aryl methyl sites for hydroxylation is 1. The van der Waals surface area contributed by atoms with Crippen molar-refractivity contribution in [1.29, 1.82) is 0 Å². The lowest BCUT2D eigenvalue weighted by molar-refractivity contribution is -0.173. The van der Waals surface area contributed by atoms with Crippen LogP contribution in [0.25, 0.3) is 0 Å². The fraction of sp³-hybridized carbons (Fsp3) is 0.964. The van der Waals surface area contributed by atoms with E-state index in [2.05, 4.69) is 43.1 Å². The van der Waals surface area contributed by atoms with Gasteiger partial charge in [0.15, 0.2) is 5.82 Å². The van der Waals surface area contributed by atoms with Gasteiger partial charge in [0.1, 0.15) is 0 Å². The third-order valence-electron chi connectivity index (χ3n) is 11.5. The van der Waals surface area contributed by atoms with Crippen LogP contribution in [0.15, 0.2) is 0 Å². The lowest BCUT2D eigenvalue weighted by Gasteiger charge is -2.65. The van der Waals surface area contributed by atoms with Crippen molar-refractivity contribution in [3.05, 3.63) is 5.82 Å². The van der Waals surface area contributed by atoms with Crippen molar-refractivity contribution in [3.8, 4) is 0 Å². The van der Waals surface area contributed by atoms with Gasteiger partial charge in [0.2, 0.25) is 0 Å². The molecule has 1 unspecified atom stereocenters. The molecule has 5 heteroatoms. The molecule has 5 nitrogen and oxygen atoms in total. The summed E-state index contributed by atoms with van der Waals surface area (Å²) >= 11 is 0. The molecule has 4 aliphatic carbocycles. The first-order chi connectivity index (χ1) is 15.7. The fourth-order valence-corrected chi connectivity index (χ4v) is 9.97. The lowest BCUT2D eigenvalue weighted by Crippen LogP contribution is -2.58. The highest BCUT2D eigenvalue weighted by atomic mass is 16.3. The van der Waals surface area contributed by atoms with Crippen LogP contribution in [0.3, 0.4) is 0 Å². The second kappa shape index (κ2) is 8.60. The first-order valence-electron chi connectivity index (χ1n) is 14.2. The average molecular weight is 457 g/mol. The quantitative estimate of drug-likeness (QED) is 0.573. The zero-order valence-electron chi connectivity index (χ0n) is 21.9. The Kier molecular flexibility index (Phi) is 6.19. The van der Waals surface area contributed by atoms with E-state index in [9.17, 15) is 5.11 Å². The number of hydrogen-bond donors (Lipinski definition) is 1. The minimum Gasteiger partial charge on any atom is -0.390 e. The molecule has 0 aliphatic heterocycles. The Balaban J connectivity index is 1.34. The first kappa shape index (κ1) is 23.8. The SMILES string of the molecule is CCC[C@@]1(O)CC[C@@]2(C)[C@@H](CC[C@@H]3[C@@H]2CC[C@]2(C)[C@@H](C(C)Cn4nnc(C)n4)CCC[C@@H]32)C1. The van der Waals surface area contributed by atoms with Crippen LogP contribution in [-0.2, 0) is 6.54 Å². The van der Waals surface area contributed by atoms with Gasteiger partial charge in [-0.1, -0.05) is 40.5 Å². The third-order valence-corrected chi connectivity index (χ3v) is 11.5. The van der Waals surface area contributed by atoms with Crippen LogP contribution in [-0.4, -0.2) is 30.9 Å². The van der Waals surface area contributed by atoms with Crippen LogP contribution in [0.2, 0.25) is 0 Å². The van der Waals surface area contributed by atoms with Gasteiger partial charge in [-0.05, 0) is 123 Å². The zero-order chi connectivity index (χ0) is 23.4. The highest BCUT2D eigenvalue weighted by molar-refractivity contribution is 5.10. The second-order valence-corrected chi connectivity index (χ2v) is 13.3. The largest absolute Gasteiger partial charge is 0.390 e. The maximum absolute atomic E-state index is 11.3. The molecule has 33 heavy (non-hydrogen) atoms. The molecule has 5 rings (SSSR count). The molecule has 0 amide bonds. The summed E-state index contributed by atoms with van der Waals surface area (Å²) in [6.45, 7) is 12.8. The highest BCUT2D eigenvalue weighted by Crippen LogP contribution is 2.67. The van der Waals surface area contributed by atoms with Crippen LogP contribution in [0.4, 0.5) is 0 Å². The van der Waals surface area contributed by atoms with E-state index in [1.54, 1.807) is 0 Å². The molecule has 0 bridgehead atoms. The van der Waals surface area contributed by atoms with Crippen LogP contribution in [0.5, 0.6) is 0 Å². The van der Waals surface area contributed by atoms with E-state index in [4.69, 9.17) is 0 Å². The van der Waals surface area contributed by atoms with Crippen LogP contribution < -0.4 is 0 Å². The standard InChI is InChI=1S/C28H48N4O/c1-6-13-28(33)16-15-26(4)21(17-28)10-11-22-24-9-7-8-23(27(24,5)14-12-25(22)26)19(2)18-32-30-20(3)29-31-32/h19,21-25,33H,6-18H2,1-5H3/t19?,21-,22-,23+,24-,25-,26-,27+,28+/m0/s1. The van der Waals surface area contributed by atoms with E-state index >= 15 is 0 Å². The third kappa shape index (κ3) is 3.98. The Hall–Kier alpha value is -0.970. The van der Waals surface area contributed by atoms with Crippen molar-refractivity contribution < 1.29 is 5.11 Å². The van der Waals surface area contributed by atoms with E-state index in [-0.39, 0.29) is 5.60 Å². The molecule has 0 saturated heterocycles. The van der Waals surface area contributed by atoms with Crippen LogP contribution in [0, 0.1) is 53.3 Å². The maximum atomic E-state index is 11.3. The highest BCUT2D eigenvalue weighted by Gasteiger charge is 2.60. The average Bonchev–Trinajstić information content (AvgIpc) is 3.18. The number of fused-ring (bicyclic) bond motifs is 5. The van der Waals surface area contributed by atoms with Gasteiger partial charge in [-0.3, -0.25) is 0 Å². The van der Waals surface area contributed by atoms with E-state index in [0.717, 1.165) is 67.6 Å². The monoisotopic (exact) mass is 456 g/mol. The van der Waals surface area contributed by atoms with Crippen molar-refractivity contribution in [2.24, 2.45) is 46.3 Å². The van der Waals surface area contributed by atoms with Crippen molar-refractivity contribution in [2.45, 2.75) is 124 Å². The first-order valence-corrected chi connectivity index (χ1v) is 14.2. The molecule has 9 atom stereocenters. The van der Waals surface area contributed by atoms with Crippen molar-refractivity contribution in [2.75, 3.05) is 0 Å². The Morgan fingerprint density at radius 1 is 1.03 bits per heavy atom. The molecule has 4 fully saturated rings. The van der Waals surface area contributed by atoms with Crippen molar-refractivity contribution >= 4 is 0 Å². The molecule has 4 aliphatic rings. The molecule has 0 radical (unpaired) electrons. The Labute approximate surface area is 201 Å². The molecule has 1 aromatic heterocycles. The lowest BCUT2D eigenvalue weighted by atomic mass is 9.40. The predicted octanol–water partition coefficient (Wildman–Crippen LogP) is 6.20. The summed E-state index contributed by atoms with van der Waals surface area (Å²) in [4.78, 5) is 1.84. The molecule has 1 heterocycles. The Morgan fingerprint density at radius 2 is 1.82 bits per heavy atom. The molecule has 1 aromatic rings. The normalized spacial score (nSPS) is 46.2. The van der Waals surface area contributed by atoms with Crippen LogP contribution >= 0.6 is 0 Å². The summed E-state index contributed by atoms with van der Waals surface area (Å²) < 4.78 is 0. The summed E-state index contributed by atoms with van der Waals surface area (Å²) in [6.07, 6.45) is 15.2. The zero-order valence-corrected chi connectivity index (χ0v) is 21.9. The second-order valence-electron chi connectivity index (χ2n) is 13.3. The molecular formula is C28H48N4O. The Bertz CT molecular complexity index is 840. The summed E-state index contributed by atoms with van der Waals surface area (Å²) in [6, 6.07) is 0. The number of tetrazole rings is 1. The van der Waals surface area contributed by atoms with Gasteiger partial charge in [-0.2, -0.15) is 4.80 Å². The molecular weight excluding hydrogens is 408 g/mol. The summed E-state index contributed by atoms with van der Waals surface area (Å²) in [5, 5.41) is 24.1. The molecule has 4 saturated carbocycles. The summed E-state index contributed by atoms with van der Waals surface area (Å²) in [7, 11) is 0. The number of rotatable bonds is 5. The number of aliphatic hydroxyl groups is 1. The smallest absolute Gasteiger partial charge is 0.171 e.